The van der Waals surface area contributed by atoms with Crippen LogP contribution in [0, 0.1) is 5.41 Å². The molecule has 1 aliphatic heterocycles. The van der Waals surface area contributed by atoms with Crippen molar-refractivity contribution in [2.75, 3.05) is 13.1 Å². The van der Waals surface area contributed by atoms with E-state index in [0.29, 0.717) is 11.1 Å². The van der Waals surface area contributed by atoms with E-state index >= 15 is 0 Å². The summed E-state index contributed by atoms with van der Waals surface area (Å²) in [4.78, 5) is 22.1. The second kappa shape index (κ2) is 5.22. The van der Waals surface area contributed by atoms with Crippen LogP contribution in [0.15, 0.2) is 12.4 Å². The van der Waals surface area contributed by atoms with Crippen LogP contribution >= 0.6 is 11.6 Å². The Kier molecular flexibility index (Phi) is 3.85. The Labute approximate surface area is 112 Å². The first kappa shape index (κ1) is 13.3. The molecule has 4 nitrogen and oxygen atoms in total. The van der Waals surface area contributed by atoms with Crippen LogP contribution in [0.2, 0.25) is 5.15 Å². The van der Waals surface area contributed by atoms with Gasteiger partial charge in [-0.2, -0.15) is 0 Å². The minimum Gasteiger partial charge on any atom is -0.337 e. The topological polar surface area (TPSA) is 46.1 Å². The number of aromatic nitrogens is 2. The quantitative estimate of drug-likeness (QED) is 0.786. The normalized spacial score (nSPS) is 19.4. The zero-order valence-corrected chi connectivity index (χ0v) is 11.6. The fraction of sp³-hybridized carbons (Fsp3) is 0.615. The Bertz CT molecular complexity index is 448. The summed E-state index contributed by atoms with van der Waals surface area (Å²) in [7, 11) is 0. The molecule has 2 heterocycles. The van der Waals surface area contributed by atoms with Crippen LogP contribution in [-0.4, -0.2) is 33.9 Å². The van der Waals surface area contributed by atoms with Gasteiger partial charge in [-0.25, -0.2) is 4.98 Å². The molecule has 18 heavy (non-hydrogen) atoms. The lowest BCUT2D eigenvalue weighted by Crippen LogP contribution is -2.33. The van der Waals surface area contributed by atoms with Crippen LogP contribution in [-0.2, 0) is 0 Å². The molecule has 1 amide bonds. The molecule has 0 radical (unpaired) electrons. The van der Waals surface area contributed by atoms with Gasteiger partial charge in [0.2, 0.25) is 0 Å². The summed E-state index contributed by atoms with van der Waals surface area (Å²) >= 11 is 5.76. The lowest BCUT2D eigenvalue weighted by molar-refractivity contribution is 0.0751. The predicted molar refractivity (Wildman–Crippen MR) is 70.6 cm³/mol. The molecule has 1 aromatic rings. The molecule has 1 aliphatic rings. The Hall–Kier alpha value is -1.16. The second-order valence-corrected chi connectivity index (χ2v) is 5.92. The van der Waals surface area contributed by atoms with Crippen molar-refractivity contribution < 1.29 is 4.79 Å². The third-order valence-electron chi connectivity index (χ3n) is 3.45. The summed E-state index contributed by atoms with van der Waals surface area (Å²) in [6, 6.07) is 0. The second-order valence-electron chi connectivity index (χ2n) is 5.54. The number of halogens is 1. The summed E-state index contributed by atoms with van der Waals surface area (Å²) in [5, 5.41) is 0.260. The van der Waals surface area contributed by atoms with E-state index < -0.39 is 0 Å². The Balaban J connectivity index is 2.10. The first-order valence-electron chi connectivity index (χ1n) is 6.25. The average molecular weight is 268 g/mol. The number of rotatable bonds is 1. The van der Waals surface area contributed by atoms with Gasteiger partial charge in [-0.1, -0.05) is 25.4 Å². The van der Waals surface area contributed by atoms with Crippen molar-refractivity contribution in [1.82, 2.24) is 14.9 Å². The molecular formula is C13H18ClN3O. The van der Waals surface area contributed by atoms with Crippen molar-refractivity contribution in [3.8, 4) is 0 Å². The smallest absolute Gasteiger partial charge is 0.274 e. The molecule has 0 unspecified atom stereocenters. The van der Waals surface area contributed by atoms with Gasteiger partial charge >= 0.3 is 0 Å². The summed E-state index contributed by atoms with van der Waals surface area (Å²) in [6.45, 7) is 6.07. The lowest BCUT2D eigenvalue weighted by Gasteiger charge is -2.23. The molecule has 0 N–H and O–H groups in total. The van der Waals surface area contributed by atoms with Gasteiger partial charge in [0, 0.05) is 13.1 Å². The SMILES string of the molecule is CC1(C)CCCN(C(=O)c2cncc(Cl)n2)CC1. The monoisotopic (exact) mass is 267 g/mol. The fourth-order valence-electron chi connectivity index (χ4n) is 2.23. The van der Waals surface area contributed by atoms with Crippen LogP contribution in [0.4, 0.5) is 0 Å². The zero-order chi connectivity index (χ0) is 13.2. The molecular weight excluding hydrogens is 250 g/mol. The molecule has 98 valence electrons. The maximum Gasteiger partial charge on any atom is 0.274 e. The largest absolute Gasteiger partial charge is 0.337 e. The third kappa shape index (κ3) is 3.19. The Morgan fingerprint density at radius 2 is 2.11 bits per heavy atom. The molecule has 5 heteroatoms. The van der Waals surface area contributed by atoms with E-state index in [4.69, 9.17) is 11.6 Å². The fourth-order valence-corrected chi connectivity index (χ4v) is 2.38. The summed E-state index contributed by atoms with van der Waals surface area (Å²) in [6.07, 6.45) is 6.12. The number of hydrogen-bond donors (Lipinski definition) is 0. The van der Waals surface area contributed by atoms with E-state index in [1.54, 1.807) is 0 Å². The van der Waals surface area contributed by atoms with Crippen LogP contribution in [0.1, 0.15) is 43.6 Å². The first-order chi connectivity index (χ1) is 8.48. The van der Waals surface area contributed by atoms with Gasteiger partial charge in [-0.3, -0.25) is 9.78 Å². The summed E-state index contributed by atoms with van der Waals surface area (Å²) in [5.74, 6) is -0.0669. The van der Waals surface area contributed by atoms with Crippen molar-refractivity contribution >= 4 is 17.5 Å². The Morgan fingerprint density at radius 1 is 1.33 bits per heavy atom. The van der Waals surface area contributed by atoms with Gasteiger partial charge in [-0.05, 0) is 24.7 Å². The van der Waals surface area contributed by atoms with Gasteiger partial charge in [-0.15, -0.1) is 0 Å². The standard InChI is InChI=1S/C13H18ClN3O/c1-13(2)4-3-6-17(7-5-13)12(18)10-8-15-9-11(14)16-10/h8-9H,3-7H2,1-2H3. The number of hydrogen-bond acceptors (Lipinski definition) is 3. The van der Waals surface area contributed by atoms with Crippen LogP contribution in [0.5, 0.6) is 0 Å². The molecule has 0 aromatic carbocycles. The van der Waals surface area contributed by atoms with Crippen LogP contribution in [0.25, 0.3) is 0 Å². The van der Waals surface area contributed by atoms with Crippen molar-refractivity contribution in [1.29, 1.82) is 0 Å². The number of amides is 1. The van der Waals surface area contributed by atoms with Crippen LogP contribution < -0.4 is 0 Å². The first-order valence-corrected chi connectivity index (χ1v) is 6.63. The molecule has 1 aromatic heterocycles. The van der Waals surface area contributed by atoms with Gasteiger partial charge in [0.05, 0.1) is 12.4 Å². The minimum atomic E-state index is -0.0669. The van der Waals surface area contributed by atoms with Crippen molar-refractivity contribution in [2.45, 2.75) is 33.1 Å². The summed E-state index contributed by atoms with van der Waals surface area (Å²) < 4.78 is 0. The van der Waals surface area contributed by atoms with Gasteiger partial charge < -0.3 is 4.90 Å². The minimum absolute atomic E-state index is 0.0669. The molecule has 1 fully saturated rings. The zero-order valence-electron chi connectivity index (χ0n) is 10.8. The maximum absolute atomic E-state index is 12.3. The number of likely N-dealkylation sites (tertiary alicyclic amines) is 1. The van der Waals surface area contributed by atoms with Crippen molar-refractivity contribution in [3.63, 3.8) is 0 Å². The van der Waals surface area contributed by atoms with Crippen molar-refractivity contribution in [2.24, 2.45) is 5.41 Å². The van der Waals surface area contributed by atoms with Gasteiger partial charge in [0.1, 0.15) is 10.8 Å². The number of carbonyl (C=O) groups excluding carboxylic acids is 1. The highest BCUT2D eigenvalue weighted by molar-refractivity contribution is 6.29. The van der Waals surface area contributed by atoms with Crippen molar-refractivity contribution in [3.05, 3.63) is 23.2 Å². The van der Waals surface area contributed by atoms with E-state index in [-0.39, 0.29) is 11.1 Å². The Morgan fingerprint density at radius 3 is 2.83 bits per heavy atom. The molecule has 2 rings (SSSR count). The highest BCUT2D eigenvalue weighted by Gasteiger charge is 2.26. The van der Waals surface area contributed by atoms with E-state index in [9.17, 15) is 4.79 Å². The van der Waals surface area contributed by atoms with E-state index in [2.05, 4.69) is 23.8 Å². The molecule has 0 saturated carbocycles. The highest BCUT2D eigenvalue weighted by Crippen LogP contribution is 2.30. The average Bonchev–Trinajstić information content (AvgIpc) is 2.49. The van der Waals surface area contributed by atoms with Gasteiger partial charge in [0.25, 0.3) is 5.91 Å². The number of nitrogens with zero attached hydrogens (tertiary/aromatic N) is 3. The molecule has 1 saturated heterocycles. The molecule has 0 bridgehead atoms. The van der Waals surface area contributed by atoms with E-state index in [0.717, 1.165) is 32.4 Å². The maximum atomic E-state index is 12.3. The predicted octanol–water partition coefficient (Wildman–Crippen LogP) is 2.78. The molecule has 0 aliphatic carbocycles. The number of carbonyl (C=O) groups is 1. The molecule has 0 spiro atoms. The lowest BCUT2D eigenvalue weighted by atomic mass is 9.85. The summed E-state index contributed by atoms with van der Waals surface area (Å²) in [5.41, 5.74) is 0.650. The highest BCUT2D eigenvalue weighted by atomic mass is 35.5. The van der Waals surface area contributed by atoms with E-state index in [1.165, 1.54) is 12.4 Å². The van der Waals surface area contributed by atoms with Crippen LogP contribution in [0.3, 0.4) is 0 Å². The van der Waals surface area contributed by atoms with E-state index in [1.807, 2.05) is 4.90 Å². The third-order valence-corrected chi connectivity index (χ3v) is 3.63. The molecule has 0 atom stereocenters. The van der Waals surface area contributed by atoms with Gasteiger partial charge in [0.15, 0.2) is 0 Å².